The number of benzene rings is 2. The van der Waals surface area contributed by atoms with E-state index in [9.17, 15) is 0 Å². The van der Waals surface area contributed by atoms with E-state index in [2.05, 4.69) is 55.0 Å². The summed E-state index contributed by atoms with van der Waals surface area (Å²) in [5, 5.41) is 0. The van der Waals surface area contributed by atoms with Crippen LogP contribution in [0.15, 0.2) is 58.3 Å². The Hall–Kier alpha value is -1.34. The maximum absolute atomic E-state index is 2.25. The van der Waals surface area contributed by atoms with E-state index in [1.54, 1.807) is 0 Å². The van der Waals surface area contributed by atoms with Gasteiger partial charge in [-0.1, -0.05) is 46.2 Å². The zero-order chi connectivity index (χ0) is 9.38. The Bertz CT molecular complexity index is 387. The van der Waals surface area contributed by atoms with Crippen molar-refractivity contribution in [3.63, 3.8) is 0 Å². The van der Waals surface area contributed by atoms with Gasteiger partial charge in [0.05, 0.1) is 0 Å². The average Bonchev–Trinajstić information content (AvgIpc) is 2.26. The normalized spacial score (nSPS) is 12.6. The third kappa shape index (κ3) is 1.21. The van der Waals surface area contributed by atoms with Crippen molar-refractivity contribution in [2.75, 3.05) is 0 Å². The van der Waals surface area contributed by atoms with Gasteiger partial charge in [0, 0.05) is 0 Å². The highest BCUT2D eigenvalue weighted by Gasteiger charge is 2.06. The molecule has 0 spiro atoms. The summed E-state index contributed by atoms with van der Waals surface area (Å²) in [6, 6.07) is 17.0. The van der Waals surface area contributed by atoms with Crippen LogP contribution in [0.3, 0.4) is 0 Å². The van der Waals surface area contributed by atoms with Crippen LogP contribution in [0.25, 0.3) is 0 Å². The first-order valence-electron chi connectivity index (χ1n) is 4.64. The van der Waals surface area contributed by atoms with Crippen LogP contribution >= 0.6 is 11.8 Å². The molecule has 0 amide bonds. The molecular weight excluding hydrogens is 188 g/mol. The average molecular weight is 197 g/mol. The van der Waals surface area contributed by atoms with Gasteiger partial charge in [0.25, 0.3) is 0 Å². The highest BCUT2D eigenvalue weighted by Crippen LogP contribution is 2.39. The molecule has 0 fully saturated rings. The predicted octanol–water partition coefficient (Wildman–Crippen LogP) is 3.75. The van der Waals surface area contributed by atoms with E-state index in [1.807, 2.05) is 11.8 Å². The fourth-order valence-corrected chi connectivity index (χ4v) is 2.69. The topological polar surface area (TPSA) is 0 Å². The van der Waals surface area contributed by atoms with Crippen molar-refractivity contribution in [2.45, 2.75) is 9.79 Å². The summed E-state index contributed by atoms with van der Waals surface area (Å²) in [6.45, 7) is 0. The lowest BCUT2D eigenvalue weighted by atomic mass is 10.0. The highest BCUT2D eigenvalue weighted by molar-refractivity contribution is 7.99. The van der Waals surface area contributed by atoms with Gasteiger partial charge in [-0.3, -0.25) is 0 Å². The molecule has 2 aromatic carbocycles. The second kappa shape index (κ2) is 3.10. The van der Waals surface area contributed by atoms with Crippen molar-refractivity contribution in [1.29, 1.82) is 0 Å². The molecule has 0 aliphatic carbocycles. The molecule has 68 valence electrons. The summed E-state index contributed by atoms with van der Waals surface area (Å²) in [4.78, 5) is 2.71. The smallest absolute Gasteiger partial charge is 0.0529 e. The molecule has 1 aliphatic rings. The molecule has 0 bridgehead atoms. The number of rotatable bonds is 0. The molecule has 1 heteroatoms. The van der Waals surface area contributed by atoms with Gasteiger partial charge in [0.2, 0.25) is 0 Å². The summed E-state index contributed by atoms with van der Waals surface area (Å²) in [5.74, 6) is 0. The minimum Gasteiger partial charge on any atom is -0.173 e. The van der Waals surface area contributed by atoms with Crippen LogP contribution in [-0.4, -0.2) is 0 Å². The molecular formula is C13H9S-. The van der Waals surface area contributed by atoms with Gasteiger partial charge < -0.3 is 0 Å². The van der Waals surface area contributed by atoms with Crippen molar-refractivity contribution < 1.29 is 0 Å². The lowest BCUT2D eigenvalue weighted by Crippen LogP contribution is -1.95. The second-order valence-corrected chi connectivity index (χ2v) is 4.41. The van der Waals surface area contributed by atoms with Gasteiger partial charge in [-0.25, -0.2) is 0 Å². The number of hydrogen-bond donors (Lipinski definition) is 0. The quantitative estimate of drug-likeness (QED) is 0.494. The molecule has 0 aromatic heterocycles. The summed E-state index contributed by atoms with van der Waals surface area (Å²) in [7, 11) is 0. The van der Waals surface area contributed by atoms with E-state index >= 15 is 0 Å². The van der Waals surface area contributed by atoms with Crippen molar-refractivity contribution in [3.05, 3.63) is 66.1 Å². The molecule has 0 saturated heterocycles. The van der Waals surface area contributed by atoms with Crippen molar-refractivity contribution in [1.82, 2.24) is 0 Å². The highest BCUT2D eigenvalue weighted by atomic mass is 32.2. The fraction of sp³-hybridized carbons (Fsp3) is 0. The molecule has 0 radical (unpaired) electrons. The van der Waals surface area contributed by atoms with E-state index in [4.69, 9.17) is 0 Å². The molecule has 0 unspecified atom stereocenters. The van der Waals surface area contributed by atoms with Crippen molar-refractivity contribution in [2.24, 2.45) is 0 Å². The Morgan fingerprint density at radius 3 is 1.79 bits per heavy atom. The third-order valence-corrected chi connectivity index (χ3v) is 3.55. The maximum atomic E-state index is 2.25. The molecule has 2 aromatic rings. The van der Waals surface area contributed by atoms with Crippen LogP contribution in [0.4, 0.5) is 0 Å². The number of hydrogen-bond acceptors (Lipinski definition) is 1. The largest absolute Gasteiger partial charge is 0.173 e. The van der Waals surface area contributed by atoms with Gasteiger partial charge >= 0.3 is 0 Å². The van der Waals surface area contributed by atoms with Gasteiger partial charge in [-0.2, -0.15) is 11.8 Å². The Morgan fingerprint density at radius 2 is 1.21 bits per heavy atom. The van der Waals surface area contributed by atoms with Crippen LogP contribution < -0.4 is 0 Å². The molecule has 3 rings (SSSR count). The lowest BCUT2D eigenvalue weighted by Gasteiger charge is -2.25. The molecule has 1 aliphatic heterocycles. The Balaban J connectivity index is 2.12. The van der Waals surface area contributed by atoms with Gasteiger partial charge in [0.1, 0.15) is 0 Å². The molecule has 1 heterocycles. The van der Waals surface area contributed by atoms with Crippen molar-refractivity contribution >= 4 is 11.8 Å². The molecule has 0 N–H and O–H groups in total. The Morgan fingerprint density at radius 1 is 0.714 bits per heavy atom. The van der Waals surface area contributed by atoms with Gasteiger partial charge in [0.15, 0.2) is 0 Å². The van der Waals surface area contributed by atoms with Gasteiger partial charge in [-0.05, 0) is 0 Å². The summed E-state index contributed by atoms with van der Waals surface area (Å²) in [6.07, 6.45) is 2.25. The fourth-order valence-electron chi connectivity index (χ4n) is 1.67. The second-order valence-electron chi connectivity index (χ2n) is 3.32. The predicted molar refractivity (Wildman–Crippen MR) is 59.5 cm³/mol. The van der Waals surface area contributed by atoms with Crippen LogP contribution in [0.5, 0.6) is 0 Å². The van der Waals surface area contributed by atoms with Crippen LogP contribution in [-0.2, 0) is 0 Å². The standard InChI is InChI=1S/C13H9S/c1-3-7-12-10(5-1)9-11-6-2-4-8-13(11)14-12/h1-9H/q-1. The minimum atomic E-state index is 1.33. The van der Waals surface area contributed by atoms with Crippen LogP contribution in [0, 0.1) is 6.42 Å². The lowest BCUT2D eigenvalue weighted by molar-refractivity contribution is 1.21. The first-order valence-corrected chi connectivity index (χ1v) is 5.46. The monoisotopic (exact) mass is 197 g/mol. The maximum Gasteiger partial charge on any atom is -0.0529 e. The molecule has 0 atom stereocenters. The van der Waals surface area contributed by atoms with E-state index in [0.29, 0.717) is 0 Å². The summed E-state index contributed by atoms with van der Waals surface area (Å²) >= 11 is 1.85. The first-order chi connectivity index (χ1) is 6.93. The summed E-state index contributed by atoms with van der Waals surface area (Å²) in [5.41, 5.74) is 2.66. The zero-order valence-corrected chi connectivity index (χ0v) is 8.42. The van der Waals surface area contributed by atoms with E-state index in [0.717, 1.165) is 0 Å². The van der Waals surface area contributed by atoms with Crippen molar-refractivity contribution in [3.8, 4) is 0 Å². The summed E-state index contributed by atoms with van der Waals surface area (Å²) < 4.78 is 0. The number of fused-ring (bicyclic) bond motifs is 2. The SMILES string of the molecule is c1ccc2c(c1)[CH-]c1ccccc1S2. The molecule has 0 saturated carbocycles. The zero-order valence-electron chi connectivity index (χ0n) is 7.60. The van der Waals surface area contributed by atoms with Gasteiger partial charge in [-0.15, -0.1) is 29.7 Å². The van der Waals surface area contributed by atoms with Crippen LogP contribution in [0.1, 0.15) is 11.1 Å². The van der Waals surface area contributed by atoms with E-state index in [-0.39, 0.29) is 0 Å². The van der Waals surface area contributed by atoms with Crippen LogP contribution in [0.2, 0.25) is 0 Å². The third-order valence-electron chi connectivity index (χ3n) is 2.37. The Kier molecular flexibility index (Phi) is 1.78. The molecule has 0 nitrogen and oxygen atoms in total. The minimum absolute atomic E-state index is 1.33. The van der Waals surface area contributed by atoms with E-state index in [1.165, 1.54) is 20.9 Å². The Labute approximate surface area is 88.0 Å². The van der Waals surface area contributed by atoms with E-state index < -0.39 is 0 Å². The molecule has 14 heavy (non-hydrogen) atoms. The first kappa shape index (κ1) is 8.01.